The van der Waals surface area contributed by atoms with Crippen molar-refractivity contribution in [2.75, 3.05) is 26.7 Å². The minimum Gasteiger partial charge on any atom is -0.312 e. The van der Waals surface area contributed by atoms with E-state index in [1.807, 2.05) is 11.3 Å². The summed E-state index contributed by atoms with van der Waals surface area (Å²) in [5.41, 5.74) is 0. The van der Waals surface area contributed by atoms with E-state index in [0.717, 1.165) is 11.8 Å². The quantitative estimate of drug-likeness (QED) is 0.883. The molecule has 1 saturated carbocycles. The van der Waals surface area contributed by atoms with E-state index in [1.54, 1.807) is 4.88 Å². The topological polar surface area (TPSA) is 15.3 Å². The number of hydrogen-bond acceptors (Lipinski definition) is 3. The lowest BCUT2D eigenvalue weighted by Crippen LogP contribution is -2.47. The third-order valence-electron chi connectivity index (χ3n) is 3.97. The molecule has 1 aliphatic heterocycles. The van der Waals surface area contributed by atoms with Gasteiger partial charge in [0.15, 0.2) is 0 Å². The molecule has 2 fully saturated rings. The molecule has 2 aliphatic rings. The van der Waals surface area contributed by atoms with Gasteiger partial charge in [-0.3, -0.25) is 0 Å². The van der Waals surface area contributed by atoms with E-state index < -0.39 is 0 Å². The molecule has 2 nitrogen and oxygen atoms in total. The van der Waals surface area contributed by atoms with Crippen molar-refractivity contribution >= 4 is 11.3 Å². The maximum absolute atomic E-state index is 3.77. The second-order valence-corrected chi connectivity index (χ2v) is 6.70. The van der Waals surface area contributed by atoms with Crippen molar-refractivity contribution in [1.29, 1.82) is 0 Å². The lowest BCUT2D eigenvalue weighted by atomic mass is 9.93. The first-order valence-corrected chi connectivity index (χ1v) is 7.64. The van der Waals surface area contributed by atoms with E-state index in [-0.39, 0.29) is 0 Å². The van der Waals surface area contributed by atoms with Gasteiger partial charge in [0.1, 0.15) is 0 Å². The average Bonchev–Trinajstić information content (AvgIpc) is 2.98. The Kier molecular flexibility index (Phi) is 3.50. The summed E-state index contributed by atoms with van der Waals surface area (Å²) in [6.07, 6.45) is 4.21. The molecule has 0 bridgehead atoms. The van der Waals surface area contributed by atoms with Gasteiger partial charge in [0.25, 0.3) is 0 Å². The number of hydrogen-bond donors (Lipinski definition) is 1. The third-order valence-corrected chi connectivity index (χ3v) is 5.01. The normalized spacial score (nSPS) is 30.6. The molecular weight excluding hydrogens is 228 g/mol. The van der Waals surface area contributed by atoms with Crippen LogP contribution < -0.4 is 5.32 Å². The highest BCUT2D eigenvalue weighted by Crippen LogP contribution is 2.31. The van der Waals surface area contributed by atoms with Crippen LogP contribution in [-0.2, 0) is 0 Å². The monoisotopic (exact) mass is 250 g/mol. The molecule has 1 aromatic rings. The van der Waals surface area contributed by atoms with E-state index in [0.29, 0.717) is 6.04 Å². The molecule has 0 radical (unpaired) electrons. The molecule has 3 rings (SSSR count). The van der Waals surface area contributed by atoms with Gasteiger partial charge in [-0.25, -0.2) is 0 Å². The number of likely N-dealkylation sites (N-methyl/N-ethyl adjacent to an activating group) is 1. The van der Waals surface area contributed by atoms with Gasteiger partial charge in [-0.15, -0.1) is 11.3 Å². The fourth-order valence-corrected chi connectivity index (χ4v) is 3.69. The Morgan fingerprint density at radius 2 is 2.29 bits per heavy atom. The van der Waals surface area contributed by atoms with Gasteiger partial charge in [-0.1, -0.05) is 6.07 Å². The van der Waals surface area contributed by atoms with Crippen LogP contribution in [0, 0.1) is 5.92 Å². The minimum absolute atomic E-state index is 0.696. The lowest BCUT2D eigenvalue weighted by molar-refractivity contribution is 0.205. The van der Waals surface area contributed by atoms with E-state index in [2.05, 4.69) is 34.8 Å². The summed E-state index contributed by atoms with van der Waals surface area (Å²) < 4.78 is 0. The predicted molar refractivity (Wildman–Crippen MR) is 73.7 cm³/mol. The van der Waals surface area contributed by atoms with Crippen molar-refractivity contribution in [2.45, 2.75) is 31.2 Å². The van der Waals surface area contributed by atoms with Crippen LogP contribution in [0.2, 0.25) is 0 Å². The zero-order valence-electron chi connectivity index (χ0n) is 10.6. The Morgan fingerprint density at radius 3 is 3.00 bits per heavy atom. The van der Waals surface area contributed by atoms with Crippen LogP contribution in [0.4, 0.5) is 0 Å². The van der Waals surface area contributed by atoms with Crippen molar-refractivity contribution in [3.8, 4) is 0 Å². The SMILES string of the molecule is CN1CC(NCC2CC2)CC(c2cccs2)C1. The van der Waals surface area contributed by atoms with Crippen LogP contribution in [0.25, 0.3) is 0 Å². The zero-order chi connectivity index (χ0) is 11.7. The van der Waals surface area contributed by atoms with Crippen molar-refractivity contribution in [2.24, 2.45) is 5.92 Å². The zero-order valence-corrected chi connectivity index (χ0v) is 11.4. The Bertz CT molecular complexity index is 345. The fraction of sp³-hybridized carbons (Fsp3) is 0.714. The Morgan fingerprint density at radius 1 is 1.41 bits per heavy atom. The summed E-state index contributed by atoms with van der Waals surface area (Å²) in [5.74, 6) is 1.73. The summed E-state index contributed by atoms with van der Waals surface area (Å²) in [7, 11) is 2.26. The first-order valence-electron chi connectivity index (χ1n) is 6.76. The highest BCUT2D eigenvalue weighted by Gasteiger charge is 2.28. The molecule has 3 heteroatoms. The van der Waals surface area contributed by atoms with Crippen molar-refractivity contribution in [1.82, 2.24) is 10.2 Å². The average molecular weight is 250 g/mol. The maximum Gasteiger partial charge on any atom is 0.0201 e. The molecule has 2 atom stereocenters. The van der Waals surface area contributed by atoms with Gasteiger partial charge < -0.3 is 10.2 Å². The highest BCUT2D eigenvalue weighted by molar-refractivity contribution is 7.10. The largest absolute Gasteiger partial charge is 0.312 e. The molecule has 2 heterocycles. The summed E-state index contributed by atoms with van der Waals surface area (Å²) >= 11 is 1.92. The molecule has 0 amide bonds. The summed E-state index contributed by atoms with van der Waals surface area (Å²) in [6, 6.07) is 5.18. The van der Waals surface area contributed by atoms with Gasteiger partial charge >= 0.3 is 0 Å². The summed E-state index contributed by atoms with van der Waals surface area (Å²) in [4.78, 5) is 4.05. The van der Waals surface area contributed by atoms with Crippen molar-refractivity contribution in [3.63, 3.8) is 0 Å². The van der Waals surface area contributed by atoms with Gasteiger partial charge in [-0.05, 0) is 50.2 Å². The number of nitrogens with one attached hydrogen (secondary N) is 1. The Balaban J connectivity index is 1.58. The number of nitrogens with zero attached hydrogens (tertiary/aromatic N) is 1. The molecule has 1 saturated heterocycles. The molecule has 0 aromatic carbocycles. The summed E-state index contributed by atoms with van der Waals surface area (Å²) in [6.45, 7) is 3.69. The number of likely N-dealkylation sites (tertiary alicyclic amines) is 1. The van der Waals surface area contributed by atoms with Crippen LogP contribution >= 0.6 is 11.3 Å². The van der Waals surface area contributed by atoms with Crippen molar-refractivity contribution in [3.05, 3.63) is 22.4 Å². The van der Waals surface area contributed by atoms with Crippen LogP contribution in [0.1, 0.15) is 30.1 Å². The Labute approximate surface area is 108 Å². The van der Waals surface area contributed by atoms with Crippen LogP contribution in [0.3, 0.4) is 0 Å². The van der Waals surface area contributed by atoms with Crippen LogP contribution in [-0.4, -0.2) is 37.6 Å². The molecule has 94 valence electrons. The number of thiophene rings is 1. The van der Waals surface area contributed by atoms with Crippen molar-refractivity contribution < 1.29 is 0 Å². The molecular formula is C14H22N2S. The number of piperidine rings is 1. The van der Waals surface area contributed by atoms with Gasteiger partial charge in [0.05, 0.1) is 0 Å². The van der Waals surface area contributed by atoms with Gasteiger partial charge in [0, 0.05) is 29.9 Å². The minimum atomic E-state index is 0.696. The fourth-order valence-electron chi connectivity index (χ4n) is 2.85. The molecule has 2 unspecified atom stereocenters. The van der Waals surface area contributed by atoms with E-state index >= 15 is 0 Å². The van der Waals surface area contributed by atoms with Crippen LogP contribution in [0.15, 0.2) is 17.5 Å². The summed E-state index contributed by atoms with van der Waals surface area (Å²) in [5, 5.41) is 5.97. The first-order chi connectivity index (χ1) is 8.31. The van der Waals surface area contributed by atoms with E-state index in [4.69, 9.17) is 0 Å². The van der Waals surface area contributed by atoms with Crippen LogP contribution in [0.5, 0.6) is 0 Å². The first kappa shape index (κ1) is 11.7. The molecule has 1 aromatic heterocycles. The smallest absolute Gasteiger partial charge is 0.0201 e. The highest BCUT2D eigenvalue weighted by atomic mass is 32.1. The third kappa shape index (κ3) is 3.09. The van der Waals surface area contributed by atoms with E-state index in [1.165, 1.54) is 38.9 Å². The molecule has 0 spiro atoms. The van der Waals surface area contributed by atoms with Gasteiger partial charge in [-0.2, -0.15) is 0 Å². The second kappa shape index (κ2) is 5.09. The molecule has 1 N–H and O–H groups in total. The lowest BCUT2D eigenvalue weighted by Gasteiger charge is -2.36. The standard InChI is InChI=1S/C14H22N2S/c1-16-9-12(14-3-2-6-17-14)7-13(10-16)15-8-11-4-5-11/h2-3,6,11-13,15H,4-5,7-10H2,1H3. The maximum atomic E-state index is 3.77. The molecule has 17 heavy (non-hydrogen) atoms. The second-order valence-electron chi connectivity index (χ2n) is 5.72. The predicted octanol–water partition coefficient (Wildman–Crippen LogP) is 2.54. The van der Waals surface area contributed by atoms with Gasteiger partial charge in [0.2, 0.25) is 0 Å². The van der Waals surface area contributed by atoms with E-state index in [9.17, 15) is 0 Å². The Hall–Kier alpha value is -0.380. The number of rotatable bonds is 4. The molecule has 1 aliphatic carbocycles.